The van der Waals surface area contributed by atoms with Gasteiger partial charge in [0.15, 0.2) is 5.82 Å². The Morgan fingerprint density at radius 1 is 1.00 bits per heavy atom. The maximum absolute atomic E-state index is 5.76. The van der Waals surface area contributed by atoms with Gasteiger partial charge in [0.05, 0.1) is 29.1 Å². The normalized spacial score (nSPS) is 18.2. The molecule has 1 fully saturated rings. The Hall–Kier alpha value is -3.69. The Labute approximate surface area is 214 Å². The molecule has 0 spiro atoms. The fourth-order valence-electron chi connectivity index (χ4n) is 4.79. The summed E-state index contributed by atoms with van der Waals surface area (Å²) >= 11 is 1.64. The zero-order valence-corrected chi connectivity index (χ0v) is 21.3. The van der Waals surface area contributed by atoms with Gasteiger partial charge in [0.2, 0.25) is 5.95 Å². The number of benzene rings is 2. The molecule has 184 valence electrons. The van der Waals surface area contributed by atoms with E-state index in [1.807, 2.05) is 29.4 Å². The number of likely N-dealkylation sites (N-methyl/N-ethyl adjacent to an activating group) is 1. The van der Waals surface area contributed by atoms with Crippen LogP contribution in [0.2, 0.25) is 0 Å². The lowest BCUT2D eigenvalue weighted by molar-refractivity contribution is 0.312. The Kier molecular flexibility index (Phi) is 6.16. The number of fused-ring (bicyclic) bond motifs is 1. The summed E-state index contributed by atoms with van der Waals surface area (Å²) in [6.45, 7) is 4.13. The third-order valence-electron chi connectivity index (χ3n) is 6.82. The third kappa shape index (κ3) is 4.36. The van der Waals surface area contributed by atoms with Crippen LogP contribution in [0.5, 0.6) is 5.75 Å². The van der Waals surface area contributed by atoms with Gasteiger partial charge in [-0.25, -0.2) is 9.99 Å². The molecule has 36 heavy (non-hydrogen) atoms. The lowest BCUT2D eigenvalue weighted by Crippen LogP contribution is -2.44. The quantitative estimate of drug-likeness (QED) is 0.394. The summed E-state index contributed by atoms with van der Waals surface area (Å²) in [6.07, 6.45) is 2.80. The highest BCUT2D eigenvalue weighted by atomic mass is 32.1. The van der Waals surface area contributed by atoms with Gasteiger partial charge in [-0.1, -0.05) is 30.3 Å². The minimum Gasteiger partial charge on any atom is -0.494 e. The minimum absolute atomic E-state index is 0.108. The molecule has 8 nitrogen and oxygen atoms in total. The molecule has 2 aliphatic rings. The summed E-state index contributed by atoms with van der Waals surface area (Å²) in [5.41, 5.74) is 4.11. The molecule has 4 heterocycles. The Morgan fingerprint density at radius 3 is 2.64 bits per heavy atom. The van der Waals surface area contributed by atoms with Crippen LogP contribution in [0.15, 0.2) is 65.1 Å². The van der Waals surface area contributed by atoms with Gasteiger partial charge in [0.25, 0.3) is 0 Å². The first-order valence-electron chi connectivity index (χ1n) is 12.2. The van der Waals surface area contributed by atoms with E-state index in [1.54, 1.807) is 18.4 Å². The number of piperazine rings is 1. The fourth-order valence-corrected chi connectivity index (χ4v) is 5.61. The van der Waals surface area contributed by atoms with Crippen LogP contribution in [0, 0.1) is 0 Å². The number of anilines is 4. The second-order valence-corrected chi connectivity index (χ2v) is 10.0. The monoisotopic (exact) mass is 499 g/mol. The summed E-state index contributed by atoms with van der Waals surface area (Å²) in [5, 5.41) is 12.2. The number of methoxy groups -OCH3 is 1. The van der Waals surface area contributed by atoms with E-state index in [0.717, 1.165) is 65.8 Å². The van der Waals surface area contributed by atoms with Gasteiger partial charge >= 0.3 is 0 Å². The summed E-state index contributed by atoms with van der Waals surface area (Å²) in [7, 11) is 3.87. The van der Waals surface area contributed by atoms with Gasteiger partial charge in [-0.2, -0.15) is 10.1 Å². The number of nitrogens with zero attached hydrogens (tertiary/aromatic N) is 6. The van der Waals surface area contributed by atoms with Crippen molar-refractivity contribution in [1.29, 1.82) is 0 Å². The Balaban J connectivity index is 1.32. The average molecular weight is 500 g/mol. The lowest BCUT2D eigenvalue weighted by atomic mass is 10.0. The SMILES string of the molecule is COc1cc(N2CCN(C)CC2)ccc1Nc1nc(N2N=CCC2c2ccccc2)c2sccc2n1. The summed E-state index contributed by atoms with van der Waals surface area (Å²) in [6, 6.07) is 18.9. The van der Waals surface area contributed by atoms with Crippen molar-refractivity contribution in [2.75, 3.05) is 55.6 Å². The van der Waals surface area contributed by atoms with Crippen molar-refractivity contribution in [1.82, 2.24) is 14.9 Å². The van der Waals surface area contributed by atoms with Gasteiger partial charge in [0, 0.05) is 50.6 Å². The predicted octanol–water partition coefficient (Wildman–Crippen LogP) is 5.13. The van der Waals surface area contributed by atoms with Crippen molar-refractivity contribution in [2.45, 2.75) is 12.5 Å². The molecular weight excluding hydrogens is 470 g/mol. The number of nitrogens with one attached hydrogen (secondary N) is 1. The lowest BCUT2D eigenvalue weighted by Gasteiger charge is -2.34. The molecule has 1 atom stereocenters. The molecule has 0 amide bonds. The first-order chi connectivity index (χ1) is 17.7. The van der Waals surface area contributed by atoms with Crippen LogP contribution in [0.25, 0.3) is 10.2 Å². The van der Waals surface area contributed by atoms with Crippen molar-refractivity contribution in [2.24, 2.45) is 5.10 Å². The van der Waals surface area contributed by atoms with E-state index in [0.29, 0.717) is 5.95 Å². The molecule has 1 N–H and O–H groups in total. The third-order valence-corrected chi connectivity index (χ3v) is 7.72. The summed E-state index contributed by atoms with van der Waals surface area (Å²) in [5.74, 6) is 2.10. The van der Waals surface area contributed by atoms with Crippen LogP contribution in [-0.4, -0.2) is 61.4 Å². The minimum atomic E-state index is 0.108. The van der Waals surface area contributed by atoms with E-state index in [1.165, 1.54) is 5.56 Å². The topological polar surface area (TPSA) is 69.1 Å². The van der Waals surface area contributed by atoms with Crippen molar-refractivity contribution >= 4 is 50.9 Å². The van der Waals surface area contributed by atoms with E-state index in [2.05, 4.69) is 63.9 Å². The van der Waals surface area contributed by atoms with Crippen molar-refractivity contribution in [3.8, 4) is 5.75 Å². The number of thiophene rings is 1. The zero-order valence-electron chi connectivity index (χ0n) is 20.5. The van der Waals surface area contributed by atoms with Crippen molar-refractivity contribution in [3.05, 3.63) is 65.5 Å². The average Bonchev–Trinajstić information content (AvgIpc) is 3.59. The largest absolute Gasteiger partial charge is 0.494 e. The molecule has 2 aromatic heterocycles. The fraction of sp³-hybridized carbons (Fsp3) is 0.296. The maximum atomic E-state index is 5.76. The number of aromatic nitrogens is 2. The molecule has 4 aromatic rings. The van der Waals surface area contributed by atoms with Crippen LogP contribution in [-0.2, 0) is 0 Å². The van der Waals surface area contributed by atoms with Crippen molar-refractivity contribution < 1.29 is 4.74 Å². The molecule has 6 rings (SSSR count). The van der Waals surface area contributed by atoms with Gasteiger partial charge < -0.3 is 19.9 Å². The number of ether oxygens (including phenoxy) is 1. The smallest absolute Gasteiger partial charge is 0.229 e. The van der Waals surface area contributed by atoms with Crippen molar-refractivity contribution in [3.63, 3.8) is 0 Å². The van der Waals surface area contributed by atoms with Gasteiger partial charge in [-0.3, -0.25) is 0 Å². The van der Waals surface area contributed by atoms with Crippen LogP contribution in [0.3, 0.4) is 0 Å². The Morgan fingerprint density at radius 2 is 1.83 bits per heavy atom. The van der Waals surface area contributed by atoms with E-state index >= 15 is 0 Å². The molecule has 2 aromatic carbocycles. The number of hydrazone groups is 1. The first-order valence-corrected chi connectivity index (χ1v) is 13.1. The molecular formula is C27H29N7OS. The number of rotatable bonds is 6. The maximum Gasteiger partial charge on any atom is 0.229 e. The summed E-state index contributed by atoms with van der Waals surface area (Å²) < 4.78 is 6.79. The second kappa shape index (κ2) is 9.75. The first kappa shape index (κ1) is 22.8. The zero-order chi connectivity index (χ0) is 24.5. The van der Waals surface area contributed by atoms with Crippen LogP contribution in [0.4, 0.5) is 23.1 Å². The molecule has 1 unspecified atom stereocenters. The van der Waals surface area contributed by atoms with Crippen LogP contribution >= 0.6 is 11.3 Å². The van der Waals surface area contributed by atoms with E-state index in [-0.39, 0.29) is 6.04 Å². The molecule has 9 heteroatoms. The molecule has 1 saturated heterocycles. The number of hydrogen-bond acceptors (Lipinski definition) is 9. The van der Waals surface area contributed by atoms with Crippen LogP contribution in [0.1, 0.15) is 18.0 Å². The van der Waals surface area contributed by atoms with Crippen LogP contribution < -0.4 is 20.0 Å². The standard InChI is InChI=1S/C27H29N7OS/c1-32-13-15-33(16-14-32)20-8-9-21(24(18-20)35-2)29-27-30-22-11-17-36-25(22)26(31-27)34-23(10-12-28-34)19-6-4-3-5-7-19/h3-9,11-12,17-18,23H,10,13-16H2,1-2H3,(H,29,30,31). The summed E-state index contributed by atoms with van der Waals surface area (Å²) in [4.78, 5) is 14.5. The highest BCUT2D eigenvalue weighted by Crippen LogP contribution is 2.39. The molecule has 0 aliphatic carbocycles. The van der Waals surface area contributed by atoms with Gasteiger partial charge in [0.1, 0.15) is 5.75 Å². The molecule has 0 saturated carbocycles. The Bertz CT molecular complexity index is 1380. The van der Waals surface area contributed by atoms with Gasteiger partial charge in [-0.05, 0) is 36.2 Å². The van der Waals surface area contributed by atoms with E-state index in [4.69, 9.17) is 19.8 Å². The molecule has 2 aliphatic heterocycles. The number of hydrogen-bond donors (Lipinski definition) is 1. The molecule has 0 bridgehead atoms. The second-order valence-electron chi connectivity index (χ2n) is 9.11. The van der Waals surface area contributed by atoms with E-state index in [9.17, 15) is 0 Å². The predicted molar refractivity (Wildman–Crippen MR) is 148 cm³/mol. The molecule has 0 radical (unpaired) electrons. The highest BCUT2D eigenvalue weighted by Gasteiger charge is 2.28. The highest BCUT2D eigenvalue weighted by molar-refractivity contribution is 7.17. The van der Waals surface area contributed by atoms with E-state index < -0.39 is 0 Å². The van der Waals surface area contributed by atoms with Gasteiger partial charge in [-0.15, -0.1) is 11.3 Å².